The SMILES string of the molecule is O=S(=O)(Cc1ccc(F)cc1C1CCCO1)N[C@@H](Cc1coc2ccccc12)B(O)O. The Balaban J connectivity index is 1.54. The number of para-hydroxylation sites is 1. The summed E-state index contributed by atoms with van der Waals surface area (Å²) >= 11 is 0. The van der Waals surface area contributed by atoms with Crippen LogP contribution in [0.3, 0.4) is 0 Å². The molecular formula is C21H23BFNO6S. The fourth-order valence-corrected chi connectivity index (χ4v) is 5.35. The maximum absolute atomic E-state index is 13.8. The quantitative estimate of drug-likeness (QED) is 0.458. The Morgan fingerprint density at radius 2 is 2.00 bits per heavy atom. The molecule has 0 radical (unpaired) electrons. The molecular weight excluding hydrogens is 424 g/mol. The van der Waals surface area contributed by atoms with E-state index in [1.54, 1.807) is 6.07 Å². The second-order valence-electron chi connectivity index (χ2n) is 7.70. The zero-order valence-electron chi connectivity index (χ0n) is 16.7. The number of sulfonamides is 1. The number of nitrogens with one attached hydrogen (secondary N) is 1. The fourth-order valence-electron chi connectivity index (χ4n) is 3.93. The molecule has 3 aromatic rings. The normalized spacial score (nSPS) is 17.8. The van der Waals surface area contributed by atoms with Gasteiger partial charge in [-0.3, -0.25) is 0 Å². The molecule has 0 spiro atoms. The fraction of sp³-hybridized carbons (Fsp3) is 0.333. The van der Waals surface area contributed by atoms with Crippen LogP contribution in [-0.2, 0) is 26.9 Å². The second-order valence-corrected chi connectivity index (χ2v) is 9.46. The summed E-state index contributed by atoms with van der Waals surface area (Å²) in [4.78, 5) is 0. The van der Waals surface area contributed by atoms with Crippen molar-refractivity contribution in [2.75, 3.05) is 6.61 Å². The molecule has 3 N–H and O–H groups in total. The van der Waals surface area contributed by atoms with Crippen LogP contribution in [0.25, 0.3) is 11.0 Å². The summed E-state index contributed by atoms with van der Waals surface area (Å²) in [6, 6.07) is 11.2. The standard InChI is InChI=1S/C21H23BFNO6S/c23-16-8-7-14(18(11-16)20-6-3-9-29-20)13-31(27,28)24-21(22(25)26)10-15-12-30-19-5-2-1-4-17(15)19/h1-2,4-5,7-8,11-12,20-21,24-26H,3,6,9-10,13H2/t20?,21-/m0/s1. The van der Waals surface area contributed by atoms with E-state index in [0.29, 0.717) is 35.3 Å². The van der Waals surface area contributed by atoms with E-state index in [2.05, 4.69) is 4.72 Å². The average molecular weight is 447 g/mol. The van der Waals surface area contributed by atoms with Gasteiger partial charge in [-0.25, -0.2) is 17.5 Å². The summed E-state index contributed by atoms with van der Waals surface area (Å²) in [6.07, 6.45) is 2.66. The van der Waals surface area contributed by atoms with Crippen molar-refractivity contribution in [1.29, 1.82) is 0 Å². The monoisotopic (exact) mass is 447 g/mol. The predicted octanol–water partition coefficient (Wildman–Crippen LogP) is 2.47. The van der Waals surface area contributed by atoms with Crippen LogP contribution in [0.4, 0.5) is 4.39 Å². The lowest BCUT2D eigenvalue weighted by Crippen LogP contribution is -2.48. The molecule has 1 unspecified atom stereocenters. The van der Waals surface area contributed by atoms with Crippen molar-refractivity contribution in [2.45, 2.75) is 37.1 Å². The molecule has 1 saturated heterocycles. The summed E-state index contributed by atoms with van der Waals surface area (Å²) in [7, 11) is -5.90. The first kappa shape index (κ1) is 22.0. The zero-order valence-corrected chi connectivity index (χ0v) is 17.5. The molecule has 2 aromatic carbocycles. The minimum absolute atomic E-state index is 0.0237. The number of furan rings is 1. The summed E-state index contributed by atoms with van der Waals surface area (Å²) in [5.74, 6) is -2.08. The Morgan fingerprint density at radius 3 is 2.74 bits per heavy atom. The Labute approximate surface area is 180 Å². The summed E-state index contributed by atoms with van der Waals surface area (Å²) in [6.45, 7) is 0.545. The summed E-state index contributed by atoms with van der Waals surface area (Å²) < 4.78 is 53.0. The van der Waals surface area contributed by atoms with E-state index in [4.69, 9.17) is 9.15 Å². The molecule has 2 atom stereocenters. The Kier molecular flexibility index (Phi) is 6.45. The molecule has 7 nitrogen and oxygen atoms in total. The number of fused-ring (bicyclic) bond motifs is 1. The van der Waals surface area contributed by atoms with Gasteiger partial charge in [0.25, 0.3) is 0 Å². The third-order valence-electron chi connectivity index (χ3n) is 5.42. The van der Waals surface area contributed by atoms with E-state index in [0.717, 1.165) is 11.8 Å². The van der Waals surface area contributed by atoms with Crippen LogP contribution in [0.15, 0.2) is 53.1 Å². The van der Waals surface area contributed by atoms with Crippen LogP contribution in [0.1, 0.15) is 35.6 Å². The lowest BCUT2D eigenvalue weighted by molar-refractivity contribution is 0.111. The van der Waals surface area contributed by atoms with Crippen molar-refractivity contribution < 1.29 is 32.0 Å². The van der Waals surface area contributed by atoms with Gasteiger partial charge in [0.15, 0.2) is 0 Å². The van der Waals surface area contributed by atoms with Gasteiger partial charge in [0.05, 0.1) is 24.1 Å². The van der Waals surface area contributed by atoms with Gasteiger partial charge in [0, 0.05) is 12.0 Å². The Morgan fingerprint density at radius 1 is 1.19 bits per heavy atom. The van der Waals surface area contributed by atoms with Crippen LogP contribution in [-0.4, -0.2) is 38.1 Å². The molecule has 0 saturated carbocycles. The predicted molar refractivity (Wildman–Crippen MR) is 114 cm³/mol. The highest BCUT2D eigenvalue weighted by atomic mass is 32.2. The molecule has 0 aliphatic carbocycles. The van der Waals surface area contributed by atoms with E-state index in [1.807, 2.05) is 18.2 Å². The number of benzene rings is 2. The second kappa shape index (κ2) is 9.09. The van der Waals surface area contributed by atoms with Crippen LogP contribution >= 0.6 is 0 Å². The van der Waals surface area contributed by atoms with Gasteiger partial charge in [0.1, 0.15) is 11.4 Å². The van der Waals surface area contributed by atoms with Gasteiger partial charge >= 0.3 is 7.12 Å². The average Bonchev–Trinajstić information content (AvgIpc) is 3.39. The maximum Gasteiger partial charge on any atom is 0.471 e. The molecule has 1 aromatic heterocycles. The van der Waals surface area contributed by atoms with Gasteiger partial charge in [0.2, 0.25) is 10.0 Å². The highest BCUT2D eigenvalue weighted by molar-refractivity contribution is 7.88. The number of hydrogen-bond donors (Lipinski definition) is 3. The molecule has 0 bridgehead atoms. The number of ether oxygens (including phenoxy) is 1. The van der Waals surface area contributed by atoms with Crippen LogP contribution < -0.4 is 4.72 Å². The Bertz CT molecular complexity index is 1160. The van der Waals surface area contributed by atoms with Gasteiger partial charge in [-0.05, 0) is 54.2 Å². The van der Waals surface area contributed by atoms with Crippen molar-refractivity contribution in [3.63, 3.8) is 0 Å². The summed E-state index contributed by atoms with van der Waals surface area (Å²) in [5, 5.41) is 20.4. The topological polar surface area (TPSA) is 109 Å². The molecule has 0 amide bonds. The van der Waals surface area contributed by atoms with Crippen molar-refractivity contribution in [3.8, 4) is 0 Å². The first-order valence-electron chi connectivity index (χ1n) is 10.0. The van der Waals surface area contributed by atoms with Crippen LogP contribution in [0, 0.1) is 5.82 Å². The third-order valence-corrected chi connectivity index (χ3v) is 6.77. The van der Waals surface area contributed by atoms with Crippen molar-refractivity contribution >= 4 is 28.1 Å². The highest BCUT2D eigenvalue weighted by Crippen LogP contribution is 2.32. The lowest BCUT2D eigenvalue weighted by atomic mass is 9.77. The van der Waals surface area contributed by atoms with Crippen molar-refractivity contribution in [2.24, 2.45) is 0 Å². The first-order valence-corrected chi connectivity index (χ1v) is 11.7. The largest absolute Gasteiger partial charge is 0.471 e. The van der Waals surface area contributed by atoms with Crippen molar-refractivity contribution in [1.82, 2.24) is 4.72 Å². The van der Waals surface area contributed by atoms with Gasteiger partial charge < -0.3 is 19.2 Å². The minimum atomic E-state index is -3.98. The van der Waals surface area contributed by atoms with E-state index in [9.17, 15) is 22.9 Å². The molecule has 2 heterocycles. The van der Waals surface area contributed by atoms with Gasteiger partial charge in [-0.15, -0.1) is 0 Å². The Hall–Kier alpha value is -2.24. The smallest absolute Gasteiger partial charge is 0.464 e. The number of rotatable bonds is 8. The van der Waals surface area contributed by atoms with Gasteiger partial charge in [-0.1, -0.05) is 24.3 Å². The first-order chi connectivity index (χ1) is 14.8. The molecule has 164 valence electrons. The molecule has 4 rings (SSSR count). The third kappa shape index (κ3) is 5.16. The molecule has 10 heteroatoms. The van der Waals surface area contributed by atoms with Gasteiger partial charge in [-0.2, -0.15) is 0 Å². The van der Waals surface area contributed by atoms with Crippen molar-refractivity contribution in [3.05, 3.63) is 71.2 Å². The molecule has 1 aliphatic heterocycles. The number of halogens is 1. The molecule has 1 fully saturated rings. The lowest BCUT2D eigenvalue weighted by Gasteiger charge is -2.19. The van der Waals surface area contributed by atoms with E-state index >= 15 is 0 Å². The summed E-state index contributed by atoms with van der Waals surface area (Å²) in [5.41, 5.74) is 2.20. The van der Waals surface area contributed by atoms with Crippen LogP contribution in [0.2, 0.25) is 0 Å². The molecule has 31 heavy (non-hydrogen) atoms. The molecule has 1 aliphatic rings. The van der Waals surface area contributed by atoms with E-state index < -0.39 is 34.7 Å². The highest BCUT2D eigenvalue weighted by Gasteiger charge is 2.31. The number of hydrogen-bond acceptors (Lipinski definition) is 6. The van der Waals surface area contributed by atoms with E-state index in [1.165, 1.54) is 24.5 Å². The maximum atomic E-state index is 13.8. The van der Waals surface area contributed by atoms with E-state index in [-0.39, 0.29) is 12.5 Å². The minimum Gasteiger partial charge on any atom is -0.464 e. The van der Waals surface area contributed by atoms with Crippen LogP contribution in [0.5, 0.6) is 0 Å². The zero-order chi connectivity index (χ0) is 22.0.